The molecule has 0 radical (unpaired) electrons. The normalized spacial score (nSPS) is 14.3. The average Bonchev–Trinajstić information content (AvgIpc) is 2.18. The van der Waals surface area contributed by atoms with Gasteiger partial charge in [0.05, 0.1) is 11.8 Å². The zero-order chi connectivity index (χ0) is 12.8. The lowest BCUT2D eigenvalue weighted by Crippen LogP contribution is -2.36. The van der Waals surface area contributed by atoms with E-state index in [1.807, 2.05) is 0 Å². The van der Waals surface area contributed by atoms with Crippen LogP contribution in [0.2, 0.25) is 0 Å². The Bertz CT molecular complexity index is 447. The van der Waals surface area contributed by atoms with Gasteiger partial charge in [0.25, 0.3) is 0 Å². The molecule has 0 saturated heterocycles. The Labute approximate surface area is 96.6 Å². The third-order valence-electron chi connectivity index (χ3n) is 2.05. The van der Waals surface area contributed by atoms with Crippen molar-refractivity contribution in [2.24, 2.45) is 0 Å². The van der Waals surface area contributed by atoms with E-state index >= 15 is 0 Å². The van der Waals surface area contributed by atoms with Crippen molar-refractivity contribution in [3.8, 4) is 6.07 Å². The van der Waals surface area contributed by atoms with Gasteiger partial charge in [-0.25, -0.2) is 21.6 Å². The summed E-state index contributed by atoms with van der Waals surface area (Å²) >= 11 is 0. The minimum atomic E-state index is -3.73. The van der Waals surface area contributed by atoms with Gasteiger partial charge in [-0.05, 0) is 6.42 Å². The first-order valence-electron chi connectivity index (χ1n) is 4.87. The van der Waals surface area contributed by atoms with Crippen molar-refractivity contribution in [2.75, 3.05) is 18.1 Å². The first kappa shape index (κ1) is 15.3. The van der Waals surface area contributed by atoms with Crippen LogP contribution in [0.3, 0.4) is 0 Å². The van der Waals surface area contributed by atoms with E-state index in [1.54, 1.807) is 13.0 Å². The second kappa shape index (κ2) is 6.18. The third kappa shape index (κ3) is 4.92. The molecule has 0 fully saturated rings. The predicted molar refractivity (Wildman–Crippen MR) is 60.9 cm³/mol. The summed E-state index contributed by atoms with van der Waals surface area (Å²) in [5, 5.41) is 7.45. The molecule has 0 heterocycles. The largest absolute Gasteiger partial charge is 0.229 e. The highest BCUT2D eigenvalue weighted by atomic mass is 32.2. The molecule has 0 aliphatic heterocycles. The summed E-state index contributed by atoms with van der Waals surface area (Å²) in [6.45, 7) is 2.89. The molecule has 94 valence electrons. The van der Waals surface area contributed by atoms with Crippen LogP contribution in [0.1, 0.15) is 20.3 Å². The first-order valence-corrected chi connectivity index (χ1v) is 8.24. The van der Waals surface area contributed by atoms with E-state index in [0.717, 1.165) is 0 Å². The first-order chi connectivity index (χ1) is 7.29. The SMILES string of the molecule is CCC(C#N)S(=O)(=O)NCCS(=O)(=O)CC. The Morgan fingerprint density at radius 3 is 2.19 bits per heavy atom. The second-order valence-corrected chi connectivity index (χ2v) is 7.62. The van der Waals surface area contributed by atoms with Gasteiger partial charge in [0, 0.05) is 12.3 Å². The molecule has 1 atom stereocenters. The molecule has 0 saturated carbocycles. The van der Waals surface area contributed by atoms with Crippen LogP contribution in [0, 0.1) is 11.3 Å². The van der Waals surface area contributed by atoms with Crippen molar-refractivity contribution in [1.82, 2.24) is 4.72 Å². The molecule has 0 amide bonds. The molecular formula is C8H16N2O4S2. The number of hydrogen-bond acceptors (Lipinski definition) is 5. The van der Waals surface area contributed by atoms with Crippen LogP contribution in [0.15, 0.2) is 0 Å². The smallest absolute Gasteiger partial charge is 0.227 e. The maximum absolute atomic E-state index is 11.4. The molecular weight excluding hydrogens is 252 g/mol. The zero-order valence-electron chi connectivity index (χ0n) is 9.30. The summed E-state index contributed by atoms with van der Waals surface area (Å²) in [6.07, 6.45) is 0.173. The van der Waals surface area contributed by atoms with Gasteiger partial charge in [-0.15, -0.1) is 0 Å². The Morgan fingerprint density at radius 1 is 1.25 bits per heavy atom. The molecule has 8 heteroatoms. The summed E-state index contributed by atoms with van der Waals surface area (Å²) < 4.78 is 47.2. The van der Waals surface area contributed by atoms with E-state index in [2.05, 4.69) is 4.72 Å². The minimum Gasteiger partial charge on any atom is -0.229 e. The molecule has 0 bridgehead atoms. The number of nitrogens with one attached hydrogen (secondary N) is 1. The number of rotatable bonds is 7. The van der Waals surface area contributed by atoms with E-state index in [1.165, 1.54) is 6.92 Å². The molecule has 0 aromatic rings. The molecule has 1 N–H and O–H groups in total. The van der Waals surface area contributed by atoms with Gasteiger partial charge in [0.2, 0.25) is 10.0 Å². The summed E-state index contributed by atoms with van der Waals surface area (Å²) in [4.78, 5) is 0. The van der Waals surface area contributed by atoms with E-state index in [-0.39, 0.29) is 24.5 Å². The van der Waals surface area contributed by atoms with Crippen molar-refractivity contribution in [3.05, 3.63) is 0 Å². The average molecular weight is 268 g/mol. The quantitative estimate of drug-likeness (QED) is 0.679. The fourth-order valence-electron chi connectivity index (χ4n) is 0.964. The van der Waals surface area contributed by atoms with Gasteiger partial charge < -0.3 is 0 Å². The third-order valence-corrected chi connectivity index (χ3v) is 5.55. The number of sulfone groups is 1. The summed E-state index contributed by atoms with van der Waals surface area (Å²) in [5.41, 5.74) is 0. The predicted octanol–water partition coefficient (Wildman–Crippen LogP) is -0.357. The lowest BCUT2D eigenvalue weighted by atomic mass is 10.4. The molecule has 0 aliphatic rings. The Hall–Kier alpha value is -0.650. The molecule has 0 spiro atoms. The van der Waals surface area contributed by atoms with Crippen LogP contribution in [-0.2, 0) is 19.9 Å². The second-order valence-electron chi connectivity index (χ2n) is 3.20. The number of sulfonamides is 1. The van der Waals surface area contributed by atoms with E-state index in [4.69, 9.17) is 5.26 Å². The van der Waals surface area contributed by atoms with E-state index in [0.29, 0.717) is 0 Å². The van der Waals surface area contributed by atoms with Gasteiger partial charge in [0.15, 0.2) is 15.1 Å². The van der Waals surface area contributed by atoms with Gasteiger partial charge in [-0.3, -0.25) is 0 Å². The Morgan fingerprint density at radius 2 is 1.81 bits per heavy atom. The van der Waals surface area contributed by atoms with E-state index < -0.39 is 25.1 Å². The molecule has 0 aromatic heterocycles. The monoisotopic (exact) mass is 268 g/mol. The van der Waals surface area contributed by atoms with Crippen molar-refractivity contribution < 1.29 is 16.8 Å². The standard InChI is InChI=1S/C8H16N2O4S2/c1-3-8(7-9)16(13,14)10-5-6-15(11,12)4-2/h8,10H,3-6H2,1-2H3. The Balaban J connectivity index is 4.39. The van der Waals surface area contributed by atoms with Crippen molar-refractivity contribution in [2.45, 2.75) is 25.5 Å². The van der Waals surface area contributed by atoms with Crippen LogP contribution >= 0.6 is 0 Å². The lowest BCUT2D eigenvalue weighted by Gasteiger charge is -2.09. The topological polar surface area (TPSA) is 104 Å². The molecule has 1 unspecified atom stereocenters. The summed E-state index contributed by atoms with van der Waals surface area (Å²) in [6, 6.07) is 1.65. The lowest BCUT2D eigenvalue weighted by molar-refractivity contribution is 0.573. The highest BCUT2D eigenvalue weighted by Crippen LogP contribution is 2.02. The zero-order valence-corrected chi connectivity index (χ0v) is 10.9. The number of nitrogens with zero attached hydrogens (tertiary/aromatic N) is 1. The molecule has 0 rings (SSSR count). The van der Waals surface area contributed by atoms with Crippen molar-refractivity contribution >= 4 is 19.9 Å². The molecule has 6 nitrogen and oxygen atoms in total. The van der Waals surface area contributed by atoms with Gasteiger partial charge in [-0.1, -0.05) is 13.8 Å². The summed E-state index contributed by atoms with van der Waals surface area (Å²) in [7, 11) is -6.92. The van der Waals surface area contributed by atoms with Crippen LogP contribution in [-0.4, -0.2) is 40.1 Å². The minimum absolute atomic E-state index is 0.0236. The molecule has 0 aliphatic carbocycles. The highest BCUT2D eigenvalue weighted by Gasteiger charge is 2.23. The number of hydrogen-bond donors (Lipinski definition) is 1. The van der Waals surface area contributed by atoms with Gasteiger partial charge in [-0.2, -0.15) is 5.26 Å². The van der Waals surface area contributed by atoms with Crippen LogP contribution in [0.5, 0.6) is 0 Å². The fraction of sp³-hybridized carbons (Fsp3) is 0.875. The molecule has 0 aromatic carbocycles. The van der Waals surface area contributed by atoms with Crippen LogP contribution in [0.4, 0.5) is 0 Å². The Kier molecular flexibility index (Phi) is 5.92. The maximum Gasteiger partial charge on any atom is 0.227 e. The van der Waals surface area contributed by atoms with Gasteiger partial charge in [0.1, 0.15) is 0 Å². The number of nitriles is 1. The van der Waals surface area contributed by atoms with Gasteiger partial charge >= 0.3 is 0 Å². The van der Waals surface area contributed by atoms with Crippen molar-refractivity contribution in [3.63, 3.8) is 0 Å². The van der Waals surface area contributed by atoms with Crippen molar-refractivity contribution in [1.29, 1.82) is 5.26 Å². The maximum atomic E-state index is 11.4. The van der Waals surface area contributed by atoms with E-state index in [9.17, 15) is 16.8 Å². The summed E-state index contributed by atoms with van der Waals surface area (Å²) in [5.74, 6) is -0.269. The van der Waals surface area contributed by atoms with Crippen LogP contribution in [0.25, 0.3) is 0 Å². The van der Waals surface area contributed by atoms with Crippen LogP contribution < -0.4 is 4.72 Å². The fourth-order valence-corrected chi connectivity index (χ4v) is 2.96. The highest BCUT2D eigenvalue weighted by molar-refractivity contribution is 7.91. The molecule has 16 heavy (non-hydrogen) atoms.